The van der Waals surface area contributed by atoms with Gasteiger partial charge in [0.2, 0.25) is 5.91 Å². The van der Waals surface area contributed by atoms with Crippen molar-refractivity contribution in [3.8, 4) is 0 Å². The first-order valence-corrected chi connectivity index (χ1v) is 6.55. The normalized spacial score (nSPS) is 16.1. The van der Waals surface area contributed by atoms with Crippen molar-refractivity contribution in [1.29, 1.82) is 0 Å². The lowest BCUT2D eigenvalue weighted by Gasteiger charge is -2.05. The maximum Gasteiger partial charge on any atom is 0.220 e. The molecule has 0 unspecified atom stereocenters. The van der Waals surface area contributed by atoms with Crippen LogP contribution in [0.3, 0.4) is 0 Å². The summed E-state index contributed by atoms with van der Waals surface area (Å²) in [6.07, 6.45) is 5.59. The Kier molecular flexibility index (Phi) is 2.82. The number of nitrogens with one attached hydrogen (secondary N) is 1. The predicted octanol–water partition coefficient (Wildman–Crippen LogP) is 2.65. The minimum atomic E-state index is -0.0644. The standard InChI is InChI=1S/C14H14ClN3O/c1-8(19)16-6-9-3-4-10-12(15)5-13-11(14(9)10)7-18(2)17-13/h5-7H,3-4H2,1-2H3,(H,16,19)/b9-6+. The summed E-state index contributed by atoms with van der Waals surface area (Å²) in [5.41, 5.74) is 4.29. The van der Waals surface area contributed by atoms with Crippen molar-refractivity contribution >= 4 is 34.0 Å². The van der Waals surface area contributed by atoms with Crippen LogP contribution in [0.15, 0.2) is 18.5 Å². The molecule has 1 amide bonds. The molecule has 1 aliphatic rings. The molecule has 0 spiro atoms. The molecule has 1 heterocycles. The second-order valence-corrected chi connectivity index (χ2v) is 5.22. The van der Waals surface area contributed by atoms with Crippen LogP contribution >= 0.6 is 11.6 Å². The van der Waals surface area contributed by atoms with E-state index in [0.29, 0.717) is 0 Å². The molecule has 1 aliphatic carbocycles. The van der Waals surface area contributed by atoms with Gasteiger partial charge in [0.15, 0.2) is 0 Å². The average molecular weight is 276 g/mol. The van der Waals surface area contributed by atoms with Crippen molar-refractivity contribution in [2.75, 3.05) is 0 Å². The van der Waals surface area contributed by atoms with Crippen molar-refractivity contribution in [3.63, 3.8) is 0 Å². The minimum Gasteiger partial charge on any atom is -0.333 e. The van der Waals surface area contributed by atoms with E-state index in [1.165, 1.54) is 6.92 Å². The maximum atomic E-state index is 11.0. The van der Waals surface area contributed by atoms with Crippen molar-refractivity contribution in [2.45, 2.75) is 19.8 Å². The van der Waals surface area contributed by atoms with E-state index in [-0.39, 0.29) is 5.91 Å². The minimum absolute atomic E-state index is 0.0644. The molecule has 1 aromatic heterocycles. The van der Waals surface area contributed by atoms with Crippen LogP contribution < -0.4 is 5.32 Å². The lowest BCUT2D eigenvalue weighted by molar-refractivity contribution is -0.118. The van der Waals surface area contributed by atoms with Gasteiger partial charge < -0.3 is 5.32 Å². The molecule has 98 valence electrons. The molecule has 5 heteroatoms. The number of nitrogens with zero attached hydrogens (tertiary/aromatic N) is 2. The molecule has 1 aromatic carbocycles. The second kappa shape index (κ2) is 4.38. The average Bonchev–Trinajstić information content (AvgIpc) is 2.89. The molecule has 1 N–H and O–H groups in total. The van der Waals surface area contributed by atoms with E-state index in [4.69, 9.17) is 11.6 Å². The Balaban J connectivity index is 2.22. The van der Waals surface area contributed by atoms with Gasteiger partial charge in [-0.25, -0.2) is 0 Å². The molecule has 0 saturated heterocycles. The molecule has 3 rings (SSSR count). The highest BCUT2D eigenvalue weighted by Crippen LogP contribution is 2.40. The molecular weight excluding hydrogens is 262 g/mol. The highest BCUT2D eigenvalue weighted by molar-refractivity contribution is 6.32. The Morgan fingerprint density at radius 3 is 3.05 bits per heavy atom. The van der Waals surface area contributed by atoms with Crippen LogP contribution in [0.4, 0.5) is 0 Å². The van der Waals surface area contributed by atoms with Crippen LogP contribution in [-0.2, 0) is 18.3 Å². The van der Waals surface area contributed by atoms with E-state index in [1.54, 1.807) is 10.9 Å². The Morgan fingerprint density at radius 1 is 1.53 bits per heavy atom. The third-order valence-electron chi connectivity index (χ3n) is 3.40. The van der Waals surface area contributed by atoms with Crippen LogP contribution in [0.1, 0.15) is 24.5 Å². The third kappa shape index (κ3) is 2.02. The predicted molar refractivity (Wildman–Crippen MR) is 75.8 cm³/mol. The van der Waals surface area contributed by atoms with E-state index in [2.05, 4.69) is 10.4 Å². The number of carbonyl (C=O) groups is 1. The van der Waals surface area contributed by atoms with Gasteiger partial charge in [-0.1, -0.05) is 11.6 Å². The number of fused-ring (bicyclic) bond motifs is 3. The first-order valence-electron chi connectivity index (χ1n) is 6.17. The zero-order valence-corrected chi connectivity index (χ0v) is 11.6. The van der Waals surface area contributed by atoms with Crippen molar-refractivity contribution in [2.24, 2.45) is 7.05 Å². The zero-order valence-electron chi connectivity index (χ0n) is 10.8. The number of carbonyl (C=O) groups excluding carboxylic acids is 1. The molecular formula is C14H14ClN3O. The summed E-state index contributed by atoms with van der Waals surface area (Å²) in [5, 5.41) is 9.00. The van der Waals surface area contributed by atoms with Crippen LogP contribution in [0.2, 0.25) is 5.02 Å². The largest absolute Gasteiger partial charge is 0.333 e. The number of allylic oxidation sites excluding steroid dienone is 1. The highest BCUT2D eigenvalue weighted by atomic mass is 35.5. The Morgan fingerprint density at radius 2 is 2.32 bits per heavy atom. The fourth-order valence-corrected chi connectivity index (χ4v) is 2.92. The molecule has 2 aromatic rings. The van der Waals surface area contributed by atoms with E-state index in [9.17, 15) is 4.79 Å². The highest BCUT2D eigenvalue weighted by Gasteiger charge is 2.23. The molecule has 0 aliphatic heterocycles. The van der Waals surface area contributed by atoms with E-state index in [1.807, 2.05) is 19.3 Å². The van der Waals surface area contributed by atoms with E-state index >= 15 is 0 Å². The van der Waals surface area contributed by atoms with Gasteiger partial charge in [0.1, 0.15) is 0 Å². The summed E-state index contributed by atoms with van der Waals surface area (Å²) >= 11 is 6.32. The number of amides is 1. The number of aryl methyl sites for hydroxylation is 1. The third-order valence-corrected chi connectivity index (χ3v) is 3.73. The Hall–Kier alpha value is -1.81. The fourth-order valence-electron chi connectivity index (χ4n) is 2.62. The summed E-state index contributed by atoms with van der Waals surface area (Å²) < 4.78 is 1.79. The van der Waals surface area contributed by atoms with Crippen LogP contribution in [0, 0.1) is 0 Å². The van der Waals surface area contributed by atoms with Gasteiger partial charge in [-0.2, -0.15) is 5.10 Å². The molecule has 0 radical (unpaired) electrons. The quantitative estimate of drug-likeness (QED) is 0.870. The summed E-state index contributed by atoms with van der Waals surface area (Å²) in [7, 11) is 1.90. The van der Waals surface area contributed by atoms with Gasteiger partial charge >= 0.3 is 0 Å². The van der Waals surface area contributed by atoms with Crippen molar-refractivity contribution in [3.05, 3.63) is 34.6 Å². The van der Waals surface area contributed by atoms with Crippen molar-refractivity contribution in [1.82, 2.24) is 15.1 Å². The molecule has 0 bridgehead atoms. The summed E-state index contributed by atoms with van der Waals surface area (Å²) in [4.78, 5) is 11.0. The van der Waals surface area contributed by atoms with Gasteiger partial charge in [0.05, 0.1) is 5.52 Å². The number of hydrogen-bond acceptors (Lipinski definition) is 2. The lowest BCUT2D eigenvalue weighted by Crippen LogP contribution is -2.12. The molecule has 0 atom stereocenters. The SMILES string of the molecule is CC(=O)N/C=C1\CCc2c(Cl)cc3nn(C)cc3c21. The zero-order chi connectivity index (χ0) is 13.6. The van der Waals surface area contributed by atoms with Gasteiger partial charge in [-0.05, 0) is 35.6 Å². The second-order valence-electron chi connectivity index (χ2n) is 4.82. The molecule has 4 nitrogen and oxygen atoms in total. The number of aromatic nitrogens is 2. The number of rotatable bonds is 1. The molecule has 0 saturated carbocycles. The number of halogens is 1. The van der Waals surface area contributed by atoms with Gasteiger partial charge in [-0.3, -0.25) is 9.48 Å². The van der Waals surface area contributed by atoms with Crippen LogP contribution in [-0.4, -0.2) is 15.7 Å². The smallest absolute Gasteiger partial charge is 0.220 e. The van der Waals surface area contributed by atoms with Crippen molar-refractivity contribution < 1.29 is 4.79 Å². The monoisotopic (exact) mass is 275 g/mol. The maximum absolute atomic E-state index is 11.0. The number of hydrogen-bond donors (Lipinski definition) is 1. The lowest BCUT2D eigenvalue weighted by atomic mass is 10.0. The first kappa shape index (κ1) is 12.2. The topological polar surface area (TPSA) is 46.9 Å². The Labute approximate surface area is 116 Å². The van der Waals surface area contributed by atoms with Crippen LogP contribution in [0.5, 0.6) is 0 Å². The first-order chi connectivity index (χ1) is 9.06. The number of benzene rings is 1. The summed E-state index contributed by atoms with van der Waals surface area (Å²) in [6.45, 7) is 1.50. The fraction of sp³-hybridized carbons (Fsp3) is 0.286. The van der Waals surface area contributed by atoms with E-state index in [0.717, 1.165) is 45.5 Å². The Bertz CT molecular complexity index is 715. The summed E-state index contributed by atoms with van der Waals surface area (Å²) in [5.74, 6) is -0.0644. The van der Waals surface area contributed by atoms with Gasteiger partial charge in [0.25, 0.3) is 0 Å². The van der Waals surface area contributed by atoms with Crippen LogP contribution in [0.25, 0.3) is 16.5 Å². The van der Waals surface area contributed by atoms with E-state index < -0.39 is 0 Å². The molecule has 19 heavy (non-hydrogen) atoms. The van der Waals surface area contributed by atoms with Gasteiger partial charge in [-0.15, -0.1) is 0 Å². The van der Waals surface area contributed by atoms with Gasteiger partial charge in [0, 0.05) is 36.8 Å². The molecule has 0 fully saturated rings. The summed E-state index contributed by atoms with van der Waals surface area (Å²) in [6, 6.07) is 1.91.